The molecular weight excluding hydrogens is 1050 g/mol. The van der Waals surface area contributed by atoms with Crippen LogP contribution in [0.1, 0.15) is 148 Å². The lowest BCUT2D eigenvalue weighted by molar-refractivity contribution is -0.318. The highest BCUT2D eigenvalue weighted by Crippen LogP contribution is 2.68. The molecule has 7 rings (SSSR count). The molecule has 19 nitrogen and oxygen atoms in total. The summed E-state index contributed by atoms with van der Waals surface area (Å²) in [5.41, 5.74) is -8.34. The maximum absolute atomic E-state index is 16.1. The molecule has 20 heteroatoms. The molecule has 0 bridgehead atoms. The number of carbonyl (C=O) groups is 3. The van der Waals surface area contributed by atoms with Crippen molar-refractivity contribution in [2.75, 3.05) is 40.8 Å². The summed E-state index contributed by atoms with van der Waals surface area (Å²) in [6, 6.07) is -1.16. The summed E-state index contributed by atoms with van der Waals surface area (Å²) < 4.78 is 54.4. The summed E-state index contributed by atoms with van der Waals surface area (Å²) in [4.78, 5) is 45.7. The number of ether oxygens (including phenoxy) is 6. The van der Waals surface area contributed by atoms with Gasteiger partial charge in [0.05, 0.1) is 47.6 Å². The van der Waals surface area contributed by atoms with Crippen molar-refractivity contribution in [3.63, 3.8) is 0 Å². The predicted octanol–water partition coefficient (Wildman–Crippen LogP) is 4.33. The van der Waals surface area contributed by atoms with Gasteiger partial charge in [-0.05, 0) is 136 Å². The molecule has 26 atom stereocenters. The average molecular weight is 1150 g/mol. The van der Waals surface area contributed by atoms with Crippen molar-refractivity contribution in [3.05, 3.63) is 23.6 Å². The smallest absolute Gasteiger partial charge is 0.311 e. The Balaban J connectivity index is 1.16. The van der Waals surface area contributed by atoms with Crippen molar-refractivity contribution in [1.82, 2.24) is 15.1 Å². The number of hydrogen-bond donors (Lipinski definition) is 8. The van der Waals surface area contributed by atoms with Crippen LogP contribution in [0, 0.1) is 52.3 Å². The molecule has 0 aromatic carbocycles. The van der Waals surface area contributed by atoms with Crippen molar-refractivity contribution < 1.29 is 82.9 Å². The molecule has 0 radical (unpaired) electrons. The molecule has 464 valence electrons. The molecule has 2 saturated carbocycles. The third-order valence-corrected chi connectivity index (χ3v) is 21.4. The maximum atomic E-state index is 16.1. The summed E-state index contributed by atoms with van der Waals surface area (Å²) in [6.07, 6.45) is -6.72. The number of amides is 1. The minimum Gasteiger partial charge on any atom is -0.459 e. The van der Waals surface area contributed by atoms with Gasteiger partial charge >= 0.3 is 5.97 Å². The molecule has 0 spiro atoms. The van der Waals surface area contributed by atoms with Crippen LogP contribution < -0.4 is 5.32 Å². The second-order valence-electron chi connectivity index (χ2n) is 27.6. The lowest BCUT2D eigenvalue weighted by atomic mass is 9.46. The number of halogens is 1. The first-order valence-electron chi connectivity index (χ1n) is 30.1. The maximum Gasteiger partial charge on any atom is 0.311 e. The number of rotatable bonds is 12. The van der Waals surface area contributed by atoms with E-state index < -0.39 is 136 Å². The molecule has 0 aromatic rings. The molecule has 5 fully saturated rings. The van der Waals surface area contributed by atoms with Crippen LogP contribution in [0.2, 0.25) is 0 Å². The summed E-state index contributed by atoms with van der Waals surface area (Å²) >= 11 is 0. The number of nitrogens with one attached hydrogen (secondary N) is 1. The highest BCUT2D eigenvalue weighted by Gasteiger charge is 2.71. The van der Waals surface area contributed by atoms with Crippen molar-refractivity contribution in [3.8, 4) is 0 Å². The van der Waals surface area contributed by atoms with E-state index in [0.717, 1.165) is 0 Å². The van der Waals surface area contributed by atoms with E-state index in [1.165, 1.54) is 20.1 Å². The molecule has 0 aromatic heterocycles. The molecule has 4 aliphatic carbocycles. The third-order valence-electron chi connectivity index (χ3n) is 21.4. The fraction of sp³-hybridized carbons (Fsp3) is 0.885. The van der Waals surface area contributed by atoms with Crippen LogP contribution in [0.5, 0.6) is 0 Å². The third kappa shape index (κ3) is 12.3. The number of hydrogen-bond acceptors (Lipinski definition) is 18. The van der Waals surface area contributed by atoms with Gasteiger partial charge in [0, 0.05) is 80.8 Å². The second kappa shape index (κ2) is 24.7. The van der Waals surface area contributed by atoms with Gasteiger partial charge < -0.3 is 74.4 Å². The Morgan fingerprint density at radius 1 is 0.914 bits per heavy atom. The molecule has 6 unspecified atom stereocenters. The number of ketones is 1. The van der Waals surface area contributed by atoms with Gasteiger partial charge in [0.15, 0.2) is 24.0 Å². The van der Waals surface area contributed by atoms with E-state index in [0.29, 0.717) is 24.8 Å². The minimum atomic E-state index is -2.01. The number of likely N-dealkylation sites (N-methyl/N-ethyl adjacent to an activating group) is 1. The molecular formula is C61H102FN3O16. The Hall–Kier alpha value is -2.54. The molecule has 3 saturated heterocycles. The molecule has 3 heterocycles. The molecule has 3 aliphatic heterocycles. The number of nitrogens with zero attached hydrogens (tertiary/aromatic N) is 2. The zero-order valence-corrected chi connectivity index (χ0v) is 51.3. The van der Waals surface area contributed by atoms with E-state index >= 15 is 4.39 Å². The van der Waals surface area contributed by atoms with E-state index in [2.05, 4.69) is 5.32 Å². The average Bonchev–Trinajstić information content (AvgIpc) is 3.69. The van der Waals surface area contributed by atoms with Gasteiger partial charge in [-0.2, -0.15) is 0 Å². The van der Waals surface area contributed by atoms with Crippen LogP contribution in [-0.2, 0) is 42.8 Å². The molecule has 7 aliphatic rings. The van der Waals surface area contributed by atoms with E-state index in [9.17, 15) is 50.1 Å². The second-order valence-corrected chi connectivity index (χ2v) is 27.6. The van der Waals surface area contributed by atoms with Crippen LogP contribution >= 0.6 is 0 Å². The van der Waals surface area contributed by atoms with Crippen LogP contribution in [0.15, 0.2) is 23.6 Å². The van der Waals surface area contributed by atoms with E-state index in [1.54, 1.807) is 54.5 Å². The van der Waals surface area contributed by atoms with Gasteiger partial charge in [0.1, 0.15) is 35.8 Å². The number of esters is 1. The van der Waals surface area contributed by atoms with Crippen LogP contribution in [0.4, 0.5) is 4.39 Å². The van der Waals surface area contributed by atoms with E-state index in [4.69, 9.17) is 28.4 Å². The Labute approximate surface area is 480 Å². The highest BCUT2D eigenvalue weighted by molar-refractivity contribution is 5.93. The van der Waals surface area contributed by atoms with Crippen molar-refractivity contribution >= 4 is 17.7 Å². The van der Waals surface area contributed by atoms with Gasteiger partial charge in [0.2, 0.25) is 0 Å². The van der Waals surface area contributed by atoms with Gasteiger partial charge in [-0.3, -0.25) is 19.3 Å². The molecule has 1 amide bonds. The number of aliphatic hydroxyl groups excluding tert-OH is 4. The van der Waals surface area contributed by atoms with Gasteiger partial charge in [-0.15, -0.1) is 0 Å². The quantitative estimate of drug-likeness (QED) is 0.0999. The Bertz CT molecular complexity index is 2300. The standard InChI is InChI=1S/C61H102FN3O16/c1-17-45-60(13,74)50(69)36(7)65(22-18-21-63-55(72)61(75)32(3)23-40-39-26-42(62)41-25-38(66)19-20-56(41,9)47(39)44(67)28-57(40,61)10)30-31(2)27-58(11,73)52(81-54-48(68)43(64(14)15)24-33(4)77-54)34(5)49(35(6)53(71)79-45)80-46-29-59(12,76-16)51(70)37(8)78-46/h19-20,31-37,39-40,43-52,54,67-70,73-75H,17-18,21-30H2,1-16H3,(H,63,72)/t31-,32-,33-,34+,35-,36-,37?,39?,40?,43-,44+,45-,46-,47?,48-,49?,50-,51-,52?,54+,56+,57+,58-,59+,60-,61+/m1/s1. The van der Waals surface area contributed by atoms with Gasteiger partial charge in [0.25, 0.3) is 5.91 Å². The first-order chi connectivity index (χ1) is 37.5. The molecule has 81 heavy (non-hydrogen) atoms. The van der Waals surface area contributed by atoms with Crippen molar-refractivity contribution in [2.45, 2.75) is 250 Å². The Morgan fingerprint density at radius 2 is 1.58 bits per heavy atom. The number of cyclic esters (lactones) is 1. The van der Waals surface area contributed by atoms with Gasteiger partial charge in [-0.25, -0.2) is 4.39 Å². The van der Waals surface area contributed by atoms with Crippen LogP contribution in [-0.4, -0.2) is 206 Å². The monoisotopic (exact) mass is 1150 g/mol. The minimum absolute atomic E-state index is 0.0202. The first-order valence-corrected chi connectivity index (χ1v) is 30.1. The summed E-state index contributed by atoms with van der Waals surface area (Å²) in [6.45, 7) is 23.4. The Morgan fingerprint density at radius 3 is 2.21 bits per heavy atom. The summed E-state index contributed by atoms with van der Waals surface area (Å²) in [5.74, 6) is -5.91. The number of allylic oxidation sites excluding steroid dienone is 4. The first kappa shape index (κ1) is 66.0. The highest BCUT2D eigenvalue weighted by atomic mass is 19.1. The van der Waals surface area contributed by atoms with Crippen LogP contribution in [0.3, 0.4) is 0 Å². The zero-order chi connectivity index (χ0) is 60.4. The SMILES string of the molecule is CC[C@H]1OC(=O)[C@H](C)C(O[C@@H]2C[C@](C)(OC)[C@H](O)C(C)O2)[C@H](C)C(O[C@@H]2O[C@H](C)C[C@@H](N(C)C)[C@H]2O)[C@](C)(O)C[C@@H](C)CN(CCCNC(=O)[C@@]2(O)[C@H](C)CC3C4CC(F)=C5CC(=O)C=C[C@]5(C)C4[C@@H](O)C[C@@]32C)[C@H](C)[C@@H](O)[C@]1(C)O. The van der Waals surface area contributed by atoms with E-state index in [1.807, 2.05) is 58.5 Å². The fourth-order valence-electron chi connectivity index (χ4n) is 16.6. The van der Waals surface area contributed by atoms with Crippen molar-refractivity contribution in [2.24, 2.45) is 52.3 Å². The van der Waals surface area contributed by atoms with Gasteiger partial charge in [-0.1, -0.05) is 47.6 Å². The lowest BCUT2D eigenvalue weighted by Gasteiger charge is -2.59. The predicted molar refractivity (Wildman–Crippen MR) is 298 cm³/mol. The normalized spacial score (nSPS) is 49.5. The lowest BCUT2D eigenvalue weighted by Crippen LogP contribution is -2.64. The summed E-state index contributed by atoms with van der Waals surface area (Å²) in [5, 5.41) is 88.5. The number of fused-ring (bicyclic) bond motifs is 5. The number of methoxy groups -OCH3 is 1. The zero-order valence-electron chi connectivity index (χ0n) is 51.3. The number of aliphatic hydroxyl groups is 7. The van der Waals surface area contributed by atoms with Crippen LogP contribution in [0.25, 0.3) is 0 Å². The summed E-state index contributed by atoms with van der Waals surface area (Å²) in [7, 11) is 5.21. The molecule has 8 N–H and O–H groups in total. The van der Waals surface area contributed by atoms with E-state index in [-0.39, 0.29) is 99.7 Å². The topological polar surface area (TPSA) is 267 Å². The van der Waals surface area contributed by atoms with Crippen molar-refractivity contribution in [1.29, 1.82) is 0 Å². The fourth-order valence-corrected chi connectivity index (χ4v) is 16.6. The number of carbonyl (C=O) groups excluding carboxylic acids is 3. The largest absolute Gasteiger partial charge is 0.459 e. The Kier molecular flexibility index (Phi) is 20.1.